The number of hydrogen-bond acceptors (Lipinski definition) is 2. The first-order valence-electron chi connectivity index (χ1n) is 6.71. The van der Waals surface area contributed by atoms with Gasteiger partial charge in [-0.3, -0.25) is 0 Å². The van der Waals surface area contributed by atoms with Crippen LogP contribution in [0.4, 0.5) is 5.69 Å². The van der Waals surface area contributed by atoms with Crippen LogP contribution in [0.3, 0.4) is 0 Å². The highest BCUT2D eigenvalue weighted by Gasteiger charge is 2.40. The van der Waals surface area contributed by atoms with Crippen LogP contribution in [0, 0.1) is 29.1 Å². The minimum atomic E-state index is 0.539. The molecule has 1 aromatic rings. The van der Waals surface area contributed by atoms with E-state index in [0.717, 1.165) is 30.0 Å². The van der Waals surface area contributed by atoms with E-state index in [4.69, 9.17) is 16.9 Å². The third-order valence-corrected chi connectivity index (χ3v) is 4.40. The predicted molar refractivity (Wildman–Crippen MR) is 73.6 cm³/mol. The molecule has 0 aliphatic heterocycles. The lowest BCUT2D eigenvalue weighted by Gasteiger charge is -2.17. The van der Waals surface area contributed by atoms with E-state index in [2.05, 4.69) is 11.4 Å². The van der Waals surface area contributed by atoms with Gasteiger partial charge in [0.25, 0.3) is 0 Å². The fourth-order valence-corrected chi connectivity index (χ4v) is 2.94. The Balaban J connectivity index is 1.62. The summed E-state index contributed by atoms with van der Waals surface area (Å²) in [6.45, 7) is 1.05. The summed E-state index contributed by atoms with van der Waals surface area (Å²) in [5, 5.41) is 12.9. The van der Waals surface area contributed by atoms with E-state index in [1.165, 1.54) is 25.7 Å². The van der Waals surface area contributed by atoms with Gasteiger partial charge in [0.05, 0.1) is 10.6 Å². The van der Waals surface area contributed by atoms with Crippen molar-refractivity contribution in [1.29, 1.82) is 5.26 Å². The zero-order valence-corrected chi connectivity index (χ0v) is 11.1. The normalized spacial score (nSPS) is 18.7. The van der Waals surface area contributed by atoms with Crippen LogP contribution in [-0.2, 0) is 0 Å². The number of anilines is 1. The van der Waals surface area contributed by atoms with Crippen LogP contribution in [0.2, 0.25) is 5.02 Å². The summed E-state index contributed by atoms with van der Waals surface area (Å²) in [7, 11) is 0. The minimum Gasteiger partial charge on any atom is -0.385 e. The van der Waals surface area contributed by atoms with Crippen molar-refractivity contribution in [1.82, 2.24) is 0 Å². The van der Waals surface area contributed by atoms with Crippen LogP contribution < -0.4 is 5.32 Å². The average Bonchev–Trinajstić information content (AvgIpc) is 3.24. The van der Waals surface area contributed by atoms with Crippen LogP contribution in [0.25, 0.3) is 0 Å². The number of hydrogen-bond donors (Lipinski definition) is 1. The molecule has 2 aliphatic carbocycles. The molecule has 0 saturated heterocycles. The van der Waals surface area contributed by atoms with E-state index in [1.807, 2.05) is 12.1 Å². The molecule has 1 N–H and O–H groups in total. The van der Waals surface area contributed by atoms with Gasteiger partial charge in [0.2, 0.25) is 0 Å². The molecular weight excluding hydrogens is 244 g/mol. The van der Waals surface area contributed by atoms with Gasteiger partial charge in [0.15, 0.2) is 0 Å². The molecule has 0 radical (unpaired) electrons. The topological polar surface area (TPSA) is 35.8 Å². The van der Waals surface area contributed by atoms with E-state index >= 15 is 0 Å². The van der Waals surface area contributed by atoms with Crippen molar-refractivity contribution in [3.05, 3.63) is 28.8 Å². The Morgan fingerprint density at radius 2 is 1.94 bits per heavy atom. The molecule has 0 spiro atoms. The minimum absolute atomic E-state index is 0.539. The molecule has 0 heterocycles. The molecule has 0 amide bonds. The van der Waals surface area contributed by atoms with Crippen LogP contribution in [0.15, 0.2) is 18.2 Å². The molecule has 3 rings (SSSR count). The number of rotatable bonds is 5. The Bertz CT molecular complexity index is 472. The van der Waals surface area contributed by atoms with Gasteiger partial charge in [-0.1, -0.05) is 11.6 Å². The van der Waals surface area contributed by atoms with Crippen LogP contribution in [0.1, 0.15) is 31.2 Å². The average molecular weight is 261 g/mol. The standard InChI is InChI=1S/C15H17ClN2/c16-15-7-13(6-5-12(15)8-17)18-9-14(10-1-2-10)11-3-4-11/h5-7,10-11,14,18H,1-4,9H2. The second-order valence-corrected chi connectivity index (χ2v) is 5.93. The first kappa shape index (κ1) is 11.9. The number of nitriles is 1. The van der Waals surface area contributed by atoms with Crippen LogP contribution in [-0.4, -0.2) is 6.54 Å². The Morgan fingerprint density at radius 1 is 1.28 bits per heavy atom. The van der Waals surface area contributed by atoms with Gasteiger partial charge in [0, 0.05) is 12.2 Å². The van der Waals surface area contributed by atoms with Crippen molar-refractivity contribution in [2.24, 2.45) is 17.8 Å². The highest BCUT2D eigenvalue weighted by atomic mass is 35.5. The van der Waals surface area contributed by atoms with Gasteiger partial charge in [-0.05, 0) is 61.6 Å². The number of benzene rings is 1. The Morgan fingerprint density at radius 3 is 2.44 bits per heavy atom. The SMILES string of the molecule is N#Cc1ccc(NCC(C2CC2)C2CC2)cc1Cl. The summed E-state index contributed by atoms with van der Waals surface area (Å²) in [4.78, 5) is 0. The van der Waals surface area contributed by atoms with Gasteiger partial charge in [-0.15, -0.1) is 0 Å². The number of nitrogens with one attached hydrogen (secondary N) is 1. The van der Waals surface area contributed by atoms with E-state index in [9.17, 15) is 0 Å². The molecule has 3 heteroatoms. The highest BCUT2D eigenvalue weighted by Crippen LogP contribution is 2.49. The van der Waals surface area contributed by atoms with Gasteiger partial charge in [-0.2, -0.15) is 5.26 Å². The van der Waals surface area contributed by atoms with E-state index in [0.29, 0.717) is 10.6 Å². The van der Waals surface area contributed by atoms with Crippen molar-refractivity contribution in [3.63, 3.8) is 0 Å². The second kappa shape index (κ2) is 4.82. The van der Waals surface area contributed by atoms with Crippen molar-refractivity contribution in [2.75, 3.05) is 11.9 Å². The van der Waals surface area contributed by atoms with Gasteiger partial charge in [-0.25, -0.2) is 0 Å². The summed E-state index contributed by atoms with van der Waals surface area (Å²) in [6.07, 6.45) is 5.65. The first-order valence-corrected chi connectivity index (χ1v) is 7.09. The lowest BCUT2D eigenvalue weighted by atomic mass is 9.98. The van der Waals surface area contributed by atoms with E-state index < -0.39 is 0 Å². The lowest BCUT2D eigenvalue weighted by molar-refractivity contribution is 0.428. The van der Waals surface area contributed by atoms with Crippen LogP contribution >= 0.6 is 11.6 Å². The second-order valence-electron chi connectivity index (χ2n) is 5.53. The molecule has 2 fully saturated rings. The highest BCUT2D eigenvalue weighted by molar-refractivity contribution is 6.32. The zero-order valence-electron chi connectivity index (χ0n) is 10.3. The summed E-state index contributed by atoms with van der Waals surface area (Å²) >= 11 is 6.03. The number of halogens is 1. The largest absolute Gasteiger partial charge is 0.385 e. The molecule has 94 valence electrons. The molecule has 18 heavy (non-hydrogen) atoms. The fourth-order valence-electron chi connectivity index (χ4n) is 2.72. The van der Waals surface area contributed by atoms with Crippen molar-refractivity contribution in [2.45, 2.75) is 25.7 Å². The third kappa shape index (κ3) is 2.62. The first-order chi connectivity index (χ1) is 8.78. The maximum absolute atomic E-state index is 8.83. The molecule has 2 saturated carbocycles. The maximum atomic E-state index is 8.83. The molecule has 1 aromatic carbocycles. The summed E-state index contributed by atoms with van der Waals surface area (Å²) < 4.78 is 0. The van der Waals surface area contributed by atoms with Crippen molar-refractivity contribution in [3.8, 4) is 6.07 Å². The molecule has 0 unspecified atom stereocenters. The molecule has 0 atom stereocenters. The van der Waals surface area contributed by atoms with Gasteiger partial charge in [0.1, 0.15) is 6.07 Å². The lowest BCUT2D eigenvalue weighted by Crippen LogP contribution is -2.18. The Labute approximate surface area is 113 Å². The molecule has 0 bridgehead atoms. The van der Waals surface area contributed by atoms with E-state index in [-0.39, 0.29) is 0 Å². The van der Waals surface area contributed by atoms with E-state index in [1.54, 1.807) is 6.07 Å². The smallest absolute Gasteiger partial charge is 0.101 e. The monoisotopic (exact) mass is 260 g/mol. The molecule has 2 aliphatic rings. The maximum Gasteiger partial charge on any atom is 0.101 e. The van der Waals surface area contributed by atoms with Crippen LogP contribution in [0.5, 0.6) is 0 Å². The zero-order chi connectivity index (χ0) is 12.5. The predicted octanol–water partition coefficient (Wildman–Crippen LogP) is 4.06. The summed E-state index contributed by atoms with van der Waals surface area (Å²) in [5.41, 5.74) is 1.58. The molecular formula is C15H17ClN2. The quantitative estimate of drug-likeness (QED) is 0.867. The van der Waals surface area contributed by atoms with Gasteiger partial charge < -0.3 is 5.32 Å². The third-order valence-electron chi connectivity index (χ3n) is 4.09. The van der Waals surface area contributed by atoms with Crippen molar-refractivity contribution >= 4 is 17.3 Å². The Kier molecular flexibility index (Phi) is 3.18. The summed E-state index contributed by atoms with van der Waals surface area (Å²) in [6, 6.07) is 7.67. The number of nitrogens with zero attached hydrogens (tertiary/aromatic N) is 1. The summed E-state index contributed by atoms with van der Waals surface area (Å²) in [5.74, 6) is 2.76. The molecule has 2 nitrogen and oxygen atoms in total. The van der Waals surface area contributed by atoms with Crippen molar-refractivity contribution < 1.29 is 0 Å². The molecule has 0 aromatic heterocycles. The Hall–Kier alpha value is -1.20. The van der Waals surface area contributed by atoms with Gasteiger partial charge >= 0.3 is 0 Å². The fraction of sp³-hybridized carbons (Fsp3) is 0.533.